The van der Waals surface area contributed by atoms with Crippen molar-refractivity contribution in [3.05, 3.63) is 53.5 Å². The Kier molecular flexibility index (Phi) is 6.74. The molecule has 2 N–H and O–H groups in total. The summed E-state index contributed by atoms with van der Waals surface area (Å²) >= 11 is 0. The van der Waals surface area contributed by atoms with Gasteiger partial charge in [0, 0.05) is 57.0 Å². The zero-order chi connectivity index (χ0) is 24.4. The molecule has 0 aliphatic carbocycles. The summed E-state index contributed by atoms with van der Waals surface area (Å²) in [4.78, 5) is 24.9. The largest absolute Gasteiger partial charge is 0.378 e. The smallest absolute Gasteiger partial charge is 0.234 e. The molecule has 2 saturated heterocycles. The lowest BCUT2D eigenvalue weighted by atomic mass is 10.0. The fourth-order valence-corrected chi connectivity index (χ4v) is 4.64. The lowest BCUT2D eigenvalue weighted by Gasteiger charge is -2.29. The summed E-state index contributed by atoms with van der Waals surface area (Å²) in [6.45, 7) is 7.07. The fraction of sp³-hybridized carbons (Fsp3) is 0.400. The predicted octanol–water partition coefficient (Wildman–Crippen LogP) is 2.77. The van der Waals surface area contributed by atoms with Crippen molar-refractivity contribution in [1.29, 1.82) is 0 Å². The maximum atomic E-state index is 15.0. The van der Waals surface area contributed by atoms with Crippen LogP contribution in [0.25, 0.3) is 10.9 Å². The maximum Gasteiger partial charge on any atom is 0.234 e. The standard InChI is InChI=1S/C25H28F2N6O2/c1-16-21(2-4-32-5-3-29-23(34)15-32)31-22-11-17(26)10-20(27)24(22)25(16)30-18-12-19(14-28-13-18)33-6-8-35-9-7-33/h10-14H,2-9,15H2,1H3,(H,29,34)(H,30,31). The van der Waals surface area contributed by atoms with Crippen molar-refractivity contribution in [1.82, 2.24) is 20.2 Å². The van der Waals surface area contributed by atoms with Crippen molar-refractivity contribution in [2.75, 3.05) is 62.7 Å². The van der Waals surface area contributed by atoms with Gasteiger partial charge in [0.15, 0.2) is 0 Å². The summed E-state index contributed by atoms with van der Waals surface area (Å²) in [5.74, 6) is -1.35. The highest BCUT2D eigenvalue weighted by Crippen LogP contribution is 2.34. The molecular formula is C25H28F2N6O2. The molecule has 35 heavy (non-hydrogen) atoms. The Morgan fingerprint density at radius 2 is 1.97 bits per heavy atom. The normalized spacial score (nSPS) is 17.0. The van der Waals surface area contributed by atoms with E-state index in [9.17, 15) is 9.18 Å². The van der Waals surface area contributed by atoms with Crippen LogP contribution in [0.15, 0.2) is 30.6 Å². The fourth-order valence-electron chi connectivity index (χ4n) is 4.64. The third-order valence-electron chi connectivity index (χ3n) is 6.50. The molecule has 0 spiro atoms. The number of ether oxygens (including phenoxy) is 1. The van der Waals surface area contributed by atoms with E-state index in [2.05, 4.69) is 30.4 Å². The van der Waals surface area contributed by atoms with Crippen LogP contribution in [-0.2, 0) is 16.0 Å². The number of nitrogens with zero attached hydrogens (tertiary/aromatic N) is 4. The quantitative estimate of drug-likeness (QED) is 0.559. The van der Waals surface area contributed by atoms with Gasteiger partial charge in [0.05, 0.1) is 60.1 Å². The molecule has 0 saturated carbocycles. The van der Waals surface area contributed by atoms with Crippen LogP contribution >= 0.6 is 0 Å². The summed E-state index contributed by atoms with van der Waals surface area (Å²) < 4.78 is 34.5. The third-order valence-corrected chi connectivity index (χ3v) is 6.50. The van der Waals surface area contributed by atoms with Gasteiger partial charge in [-0.1, -0.05) is 0 Å². The highest BCUT2D eigenvalue weighted by atomic mass is 19.1. The first kappa shape index (κ1) is 23.4. The number of anilines is 3. The Bertz CT molecular complexity index is 1250. The van der Waals surface area contributed by atoms with Crippen molar-refractivity contribution in [2.45, 2.75) is 13.3 Å². The average Bonchev–Trinajstić information content (AvgIpc) is 2.85. The van der Waals surface area contributed by atoms with Gasteiger partial charge >= 0.3 is 0 Å². The van der Waals surface area contributed by atoms with Crippen LogP contribution in [0.3, 0.4) is 0 Å². The second kappa shape index (κ2) is 10.1. The van der Waals surface area contributed by atoms with Gasteiger partial charge in [0.2, 0.25) is 5.91 Å². The van der Waals surface area contributed by atoms with Gasteiger partial charge in [0.1, 0.15) is 11.6 Å². The molecule has 5 rings (SSSR count). The molecule has 0 unspecified atom stereocenters. The summed E-state index contributed by atoms with van der Waals surface area (Å²) in [5, 5.41) is 6.39. The van der Waals surface area contributed by atoms with Gasteiger partial charge in [-0.2, -0.15) is 0 Å². The van der Waals surface area contributed by atoms with E-state index in [0.29, 0.717) is 50.6 Å². The Labute approximate surface area is 202 Å². The Morgan fingerprint density at radius 3 is 2.77 bits per heavy atom. The van der Waals surface area contributed by atoms with E-state index in [1.54, 1.807) is 12.4 Å². The molecule has 8 nitrogen and oxygen atoms in total. The number of morpholine rings is 1. The SMILES string of the molecule is Cc1c(CCN2CCNC(=O)C2)nc2cc(F)cc(F)c2c1Nc1cncc(N2CCOCC2)c1. The number of nitrogens with one attached hydrogen (secondary N) is 2. The van der Waals surface area contributed by atoms with Crippen molar-refractivity contribution in [2.24, 2.45) is 0 Å². The molecule has 3 aromatic rings. The molecule has 0 radical (unpaired) electrons. The van der Waals surface area contributed by atoms with Crippen LogP contribution in [0.5, 0.6) is 0 Å². The minimum absolute atomic E-state index is 0.00131. The second-order valence-corrected chi connectivity index (χ2v) is 8.87. The number of amides is 1. The molecule has 10 heteroatoms. The van der Waals surface area contributed by atoms with Crippen LogP contribution in [0, 0.1) is 18.6 Å². The van der Waals surface area contributed by atoms with Crippen molar-refractivity contribution >= 4 is 33.9 Å². The van der Waals surface area contributed by atoms with E-state index in [-0.39, 0.29) is 16.8 Å². The Hall–Kier alpha value is -3.37. The number of piperazine rings is 1. The first-order chi connectivity index (χ1) is 17.0. The van der Waals surface area contributed by atoms with Crippen LogP contribution in [0.1, 0.15) is 11.3 Å². The molecule has 0 bridgehead atoms. The van der Waals surface area contributed by atoms with Crippen LogP contribution < -0.4 is 15.5 Å². The molecular weight excluding hydrogens is 454 g/mol. The van der Waals surface area contributed by atoms with Crippen molar-refractivity contribution < 1.29 is 18.3 Å². The molecule has 1 amide bonds. The molecule has 2 aliphatic heterocycles. The number of aromatic nitrogens is 2. The van der Waals surface area contributed by atoms with E-state index in [1.165, 1.54) is 6.07 Å². The summed E-state index contributed by atoms with van der Waals surface area (Å²) in [6.07, 6.45) is 4.03. The third kappa shape index (κ3) is 5.18. The number of rotatable bonds is 6. The lowest BCUT2D eigenvalue weighted by molar-refractivity contribution is -0.124. The van der Waals surface area contributed by atoms with Crippen molar-refractivity contribution in [3.8, 4) is 0 Å². The van der Waals surface area contributed by atoms with Gasteiger partial charge in [-0.3, -0.25) is 19.7 Å². The number of carbonyl (C=O) groups excluding carboxylic acids is 1. The number of halogens is 2. The van der Waals surface area contributed by atoms with Gasteiger partial charge in [0.25, 0.3) is 0 Å². The molecule has 184 valence electrons. The summed E-state index contributed by atoms with van der Waals surface area (Å²) in [7, 11) is 0. The van der Waals surface area contributed by atoms with Gasteiger partial charge in [-0.05, 0) is 18.6 Å². The van der Waals surface area contributed by atoms with Crippen LogP contribution in [0.2, 0.25) is 0 Å². The Balaban J connectivity index is 1.48. The molecule has 0 atom stereocenters. The molecule has 2 aliphatic rings. The Morgan fingerprint density at radius 1 is 1.14 bits per heavy atom. The monoisotopic (exact) mass is 482 g/mol. The van der Waals surface area contributed by atoms with E-state index < -0.39 is 11.6 Å². The number of hydrogen-bond acceptors (Lipinski definition) is 7. The zero-order valence-corrected chi connectivity index (χ0v) is 19.6. The second-order valence-electron chi connectivity index (χ2n) is 8.87. The van der Waals surface area contributed by atoms with Gasteiger partial charge in [-0.25, -0.2) is 8.78 Å². The molecule has 1 aromatic carbocycles. The number of carbonyl (C=O) groups is 1. The van der Waals surface area contributed by atoms with Gasteiger partial charge in [-0.15, -0.1) is 0 Å². The first-order valence-electron chi connectivity index (χ1n) is 11.8. The summed E-state index contributed by atoms with van der Waals surface area (Å²) in [5.41, 5.74) is 3.95. The molecule has 2 aromatic heterocycles. The van der Waals surface area contributed by atoms with Crippen LogP contribution in [0.4, 0.5) is 25.8 Å². The minimum Gasteiger partial charge on any atom is -0.378 e. The minimum atomic E-state index is -0.674. The van der Waals surface area contributed by atoms with E-state index in [0.717, 1.165) is 42.6 Å². The lowest BCUT2D eigenvalue weighted by Crippen LogP contribution is -2.48. The van der Waals surface area contributed by atoms with Gasteiger partial charge < -0.3 is 20.3 Å². The van der Waals surface area contributed by atoms with Crippen LogP contribution in [-0.4, -0.2) is 73.3 Å². The highest BCUT2D eigenvalue weighted by Gasteiger charge is 2.20. The van der Waals surface area contributed by atoms with Crippen molar-refractivity contribution in [3.63, 3.8) is 0 Å². The number of pyridine rings is 2. The predicted molar refractivity (Wildman–Crippen MR) is 130 cm³/mol. The zero-order valence-electron chi connectivity index (χ0n) is 19.6. The highest BCUT2D eigenvalue weighted by molar-refractivity contribution is 5.95. The van der Waals surface area contributed by atoms with E-state index in [4.69, 9.17) is 4.74 Å². The number of benzene rings is 1. The van der Waals surface area contributed by atoms with E-state index >= 15 is 4.39 Å². The maximum absolute atomic E-state index is 15.0. The molecule has 4 heterocycles. The molecule has 2 fully saturated rings. The number of hydrogen-bond donors (Lipinski definition) is 2. The average molecular weight is 483 g/mol. The number of fused-ring (bicyclic) bond motifs is 1. The topological polar surface area (TPSA) is 82.6 Å². The summed E-state index contributed by atoms with van der Waals surface area (Å²) in [6, 6.07) is 4.10. The van der Waals surface area contributed by atoms with E-state index in [1.807, 2.05) is 13.0 Å². The first-order valence-corrected chi connectivity index (χ1v) is 11.8.